The quantitative estimate of drug-likeness (QED) is 0.624. The Morgan fingerprint density at radius 2 is 2.07 bits per heavy atom. The Morgan fingerprint density at radius 1 is 1.30 bits per heavy atom. The SMILES string of the molecule is CCC(F)(F)Cc1cnc(-c2ccc3occc3c2)c(N2CCC(C(=O)O)CC2)n1. The van der Waals surface area contributed by atoms with E-state index in [0.717, 1.165) is 16.5 Å². The summed E-state index contributed by atoms with van der Waals surface area (Å²) in [7, 11) is 0. The first-order valence-corrected chi connectivity index (χ1v) is 10.1. The van der Waals surface area contributed by atoms with Gasteiger partial charge in [-0.2, -0.15) is 0 Å². The lowest BCUT2D eigenvalue weighted by molar-refractivity contribution is -0.142. The van der Waals surface area contributed by atoms with Crippen molar-refractivity contribution in [2.24, 2.45) is 5.92 Å². The first-order chi connectivity index (χ1) is 14.4. The van der Waals surface area contributed by atoms with Crippen LogP contribution in [0.4, 0.5) is 14.6 Å². The van der Waals surface area contributed by atoms with Crippen molar-refractivity contribution in [1.82, 2.24) is 9.97 Å². The van der Waals surface area contributed by atoms with Crippen molar-refractivity contribution in [1.29, 1.82) is 0 Å². The summed E-state index contributed by atoms with van der Waals surface area (Å²) in [5.74, 6) is -3.53. The van der Waals surface area contributed by atoms with Crippen molar-refractivity contribution >= 4 is 22.8 Å². The molecule has 0 radical (unpaired) electrons. The molecule has 6 nitrogen and oxygen atoms in total. The van der Waals surface area contributed by atoms with Crippen molar-refractivity contribution in [2.75, 3.05) is 18.0 Å². The van der Waals surface area contributed by atoms with Gasteiger partial charge in [0.1, 0.15) is 11.3 Å². The second-order valence-electron chi connectivity index (χ2n) is 7.69. The molecule has 1 fully saturated rings. The number of alkyl halides is 2. The van der Waals surface area contributed by atoms with Crippen LogP contribution in [0.2, 0.25) is 0 Å². The van der Waals surface area contributed by atoms with Gasteiger partial charge in [0, 0.05) is 36.7 Å². The van der Waals surface area contributed by atoms with Crippen molar-refractivity contribution in [3.8, 4) is 11.3 Å². The Morgan fingerprint density at radius 3 is 2.77 bits per heavy atom. The summed E-state index contributed by atoms with van der Waals surface area (Å²) in [5.41, 5.74) is 2.37. The van der Waals surface area contributed by atoms with Gasteiger partial charge in [-0.05, 0) is 37.1 Å². The van der Waals surface area contributed by atoms with E-state index in [1.165, 1.54) is 13.1 Å². The number of hydrogen-bond donors (Lipinski definition) is 1. The molecule has 1 aliphatic heterocycles. The van der Waals surface area contributed by atoms with Gasteiger partial charge in [-0.3, -0.25) is 9.78 Å². The van der Waals surface area contributed by atoms with E-state index < -0.39 is 24.2 Å². The van der Waals surface area contributed by atoms with Crippen LogP contribution in [0, 0.1) is 5.92 Å². The molecule has 1 saturated heterocycles. The lowest BCUT2D eigenvalue weighted by Gasteiger charge is -2.32. The van der Waals surface area contributed by atoms with Crippen molar-refractivity contribution in [3.63, 3.8) is 0 Å². The molecule has 0 spiro atoms. The molecule has 3 heterocycles. The topological polar surface area (TPSA) is 79.5 Å². The highest BCUT2D eigenvalue weighted by molar-refractivity contribution is 5.85. The smallest absolute Gasteiger partial charge is 0.306 e. The Balaban J connectivity index is 1.72. The van der Waals surface area contributed by atoms with Crippen LogP contribution in [0.1, 0.15) is 31.9 Å². The van der Waals surface area contributed by atoms with Gasteiger partial charge < -0.3 is 14.4 Å². The van der Waals surface area contributed by atoms with Gasteiger partial charge in [0.25, 0.3) is 5.92 Å². The van der Waals surface area contributed by atoms with Crippen LogP contribution in [0.15, 0.2) is 41.1 Å². The zero-order valence-corrected chi connectivity index (χ0v) is 16.6. The van der Waals surface area contributed by atoms with Gasteiger partial charge in [-0.15, -0.1) is 0 Å². The van der Waals surface area contributed by atoms with Crippen LogP contribution < -0.4 is 4.90 Å². The van der Waals surface area contributed by atoms with Crippen LogP contribution in [-0.4, -0.2) is 40.1 Å². The molecule has 0 atom stereocenters. The van der Waals surface area contributed by atoms with E-state index in [0.29, 0.717) is 37.4 Å². The molecule has 158 valence electrons. The first kappa shape index (κ1) is 20.3. The number of rotatable bonds is 6. The number of benzene rings is 1. The number of aliphatic carboxylic acids is 1. The highest BCUT2D eigenvalue weighted by Crippen LogP contribution is 2.33. The summed E-state index contributed by atoms with van der Waals surface area (Å²) in [6, 6.07) is 7.48. The molecule has 0 unspecified atom stereocenters. The van der Waals surface area contributed by atoms with E-state index in [1.807, 2.05) is 29.2 Å². The molecular weight excluding hydrogens is 392 g/mol. The van der Waals surface area contributed by atoms with Gasteiger partial charge in [-0.25, -0.2) is 13.8 Å². The summed E-state index contributed by atoms with van der Waals surface area (Å²) < 4.78 is 33.3. The molecule has 8 heteroatoms. The highest BCUT2D eigenvalue weighted by atomic mass is 19.3. The van der Waals surface area contributed by atoms with Crippen LogP contribution >= 0.6 is 0 Å². The number of nitrogens with zero attached hydrogens (tertiary/aromatic N) is 3. The fourth-order valence-corrected chi connectivity index (χ4v) is 3.77. The van der Waals surface area contributed by atoms with Crippen LogP contribution in [0.5, 0.6) is 0 Å². The first-order valence-electron chi connectivity index (χ1n) is 10.1. The average molecular weight is 415 g/mol. The Bertz CT molecular complexity index is 1060. The fraction of sp³-hybridized carbons (Fsp3) is 0.409. The van der Waals surface area contributed by atoms with E-state index in [-0.39, 0.29) is 12.1 Å². The summed E-state index contributed by atoms with van der Waals surface area (Å²) in [5, 5.41) is 10.2. The molecule has 1 aliphatic rings. The minimum Gasteiger partial charge on any atom is -0.481 e. The molecule has 3 aromatic rings. The molecule has 0 saturated carbocycles. The zero-order chi connectivity index (χ0) is 21.3. The van der Waals surface area contributed by atoms with Crippen molar-refractivity contribution in [3.05, 3.63) is 42.4 Å². The third-order valence-electron chi connectivity index (χ3n) is 5.63. The van der Waals surface area contributed by atoms with Crippen molar-refractivity contribution < 1.29 is 23.1 Å². The predicted molar refractivity (Wildman–Crippen MR) is 109 cm³/mol. The maximum atomic E-state index is 14.0. The number of anilines is 1. The number of fused-ring (bicyclic) bond motifs is 1. The highest BCUT2D eigenvalue weighted by Gasteiger charge is 2.30. The summed E-state index contributed by atoms with van der Waals surface area (Å²) >= 11 is 0. The minimum atomic E-state index is -2.85. The number of carbonyl (C=O) groups is 1. The Hall–Kier alpha value is -3.03. The molecule has 4 rings (SSSR count). The van der Waals surface area contributed by atoms with Gasteiger partial charge in [-0.1, -0.05) is 6.92 Å². The second kappa shape index (κ2) is 8.01. The van der Waals surface area contributed by atoms with E-state index in [2.05, 4.69) is 9.97 Å². The number of piperidine rings is 1. The summed E-state index contributed by atoms with van der Waals surface area (Å²) in [6.45, 7) is 2.42. The molecular formula is C22H23F2N3O3. The molecule has 1 N–H and O–H groups in total. The fourth-order valence-electron chi connectivity index (χ4n) is 3.77. The molecule has 0 bridgehead atoms. The normalized spacial score (nSPS) is 15.6. The van der Waals surface area contributed by atoms with Crippen LogP contribution in [0.25, 0.3) is 22.2 Å². The number of carboxylic acids is 1. The maximum Gasteiger partial charge on any atom is 0.306 e. The Kier molecular flexibility index (Phi) is 5.40. The Labute approximate surface area is 172 Å². The number of carboxylic acid groups (broad SMARTS) is 1. The largest absolute Gasteiger partial charge is 0.481 e. The summed E-state index contributed by atoms with van der Waals surface area (Å²) in [6.07, 6.45) is 3.22. The molecule has 0 aliphatic carbocycles. The van der Waals surface area contributed by atoms with Crippen LogP contribution in [-0.2, 0) is 11.2 Å². The average Bonchev–Trinajstić information content (AvgIpc) is 3.21. The van der Waals surface area contributed by atoms with E-state index in [1.54, 1.807) is 6.26 Å². The third-order valence-corrected chi connectivity index (χ3v) is 5.63. The lowest BCUT2D eigenvalue weighted by Crippen LogP contribution is -2.37. The molecule has 2 aromatic heterocycles. The number of aromatic nitrogens is 2. The maximum absolute atomic E-state index is 14.0. The van der Waals surface area contributed by atoms with Crippen molar-refractivity contribution in [2.45, 2.75) is 38.5 Å². The number of hydrogen-bond acceptors (Lipinski definition) is 5. The molecule has 30 heavy (non-hydrogen) atoms. The van der Waals surface area contributed by atoms with E-state index in [4.69, 9.17) is 4.42 Å². The second-order valence-corrected chi connectivity index (χ2v) is 7.69. The zero-order valence-electron chi connectivity index (χ0n) is 16.6. The third kappa shape index (κ3) is 4.13. The predicted octanol–water partition coefficient (Wildman–Crippen LogP) is 4.78. The van der Waals surface area contributed by atoms with Gasteiger partial charge in [0.15, 0.2) is 5.82 Å². The number of furan rings is 1. The monoisotopic (exact) mass is 415 g/mol. The van der Waals surface area contributed by atoms with Gasteiger partial charge in [0.2, 0.25) is 0 Å². The standard InChI is InChI=1S/C22H23F2N3O3/c1-2-22(23,24)12-17-13-25-19(16-3-4-18-15(11-16)7-10-30-18)20(26-17)27-8-5-14(6-9-27)21(28)29/h3-4,7,10-11,13-14H,2,5-6,8-9,12H2,1H3,(H,28,29). The van der Waals surface area contributed by atoms with Gasteiger partial charge >= 0.3 is 5.97 Å². The number of halogens is 2. The minimum absolute atomic E-state index is 0.227. The van der Waals surface area contributed by atoms with Gasteiger partial charge in [0.05, 0.1) is 24.3 Å². The molecule has 0 amide bonds. The van der Waals surface area contributed by atoms with Crippen LogP contribution in [0.3, 0.4) is 0 Å². The molecule has 1 aromatic carbocycles. The van der Waals surface area contributed by atoms with E-state index in [9.17, 15) is 18.7 Å². The summed E-state index contributed by atoms with van der Waals surface area (Å²) in [4.78, 5) is 22.3. The van der Waals surface area contributed by atoms with E-state index >= 15 is 0 Å². The lowest BCUT2D eigenvalue weighted by atomic mass is 9.96.